The largest absolute Gasteiger partial charge is 0.485 e. The maximum atomic E-state index is 12.4. The third kappa shape index (κ3) is 4.70. The van der Waals surface area contributed by atoms with Gasteiger partial charge in [-0.25, -0.2) is 0 Å². The SMILES string of the molecule is CCN1C[C@H](CN(C)CC(=O)N[C@@H]2CCCC[C@H]2C)Oc2ccccc21. The number of amides is 1. The second kappa shape index (κ2) is 8.76. The van der Waals surface area contributed by atoms with Crippen molar-refractivity contribution in [3.8, 4) is 5.75 Å². The quantitative estimate of drug-likeness (QED) is 0.848. The highest BCUT2D eigenvalue weighted by atomic mass is 16.5. The van der Waals surface area contributed by atoms with Gasteiger partial charge in [0.2, 0.25) is 5.91 Å². The third-order valence-electron chi connectivity index (χ3n) is 5.69. The van der Waals surface area contributed by atoms with Crippen molar-refractivity contribution >= 4 is 11.6 Å². The van der Waals surface area contributed by atoms with Gasteiger partial charge < -0.3 is 15.0 Å². The normalized spacial score (nSPS) is 25.5. The van der Waals surface area contributed by atoms with E-state index in [4.69, 9.17) is 4.74 Å². The Morgan fingerprint density at radius 2 is 2.08 bits per heavy atom. The number of anilines is 1. The average Bonchev–Trinajstić information content (AvgIpc) is 2.62. The Morgan fingerprint density at radius 1 is 1.31 bits per heavy atom. The molecule has 3 atom stereocenters. The molecule has 5 nitrogen and oxygen atoms in total. The summed E-state index contributed by atoms with van der Waals surface area (Å²) in [7, 11) is 2.00. The Bertz CT molecular complexity index is 607. The first kappa shape index (κ1) is 19.0. The van der Waals surface area contributed by atoms with Crippen LogP contribution in [-0.2, 0) is 4.79 Å². The number of para-hydroxylation sites is 2. The standard InChI is InChI=1S/C21H33N3O2/c1-4-24-14-17(26-20-12-8-7-11-19(20)24)13-23(3)15-21(25)22-18-10-6-5-9-16(18)2/h7-8,11-12,16-18H,4-6,9-10,13-15H2,1-3H3,(H,22,25)/t16-,17+,18-/m1/s1. The van der Waals surface area contributed by atoms with E-state index < -0.39 is 0 Å². The molecule has 144 valence electrons. The van der Waals surface area contributed by atoms with Crippen LogP contribution in [0.15, 0.2) is 24.3 Å². The van der Waals surface area contributed by atoms with Crippen LogP contribution in [0.3, 0.4) is 0 Å². The van der Waals surface area contributed by atoms with E-state index in [1.807, 2.05) is 25.2 Å². The first-order valence-corrected chi connectivity index (χ1v) is 10.1. The summed E-state index contributed by atoms with van der Waals surface area (Å²) in [4.78, 5) is 16.9. The highest BCUT2D eigenvalue weighted by Gasteiger charge is 2.27. The van der Waals surface area contributed by atoms with Gasteiger partial charge in [0.1, 0.15) is 11.9 Å². The topological polar surface area (TPSA) is 44.8 Å². The van der Waals surface area contributed by atoms with Gasteiger partial charge in [-0.2, -0.15) is 0 Å². The van der Waals surface area contributed by atoms with Crippen LogP contribution in [0.2, 0.25) is 0 Å². The number of likely N-dealkylation sites (N-methyl/N-ethyl adjacent to an activating group) is 2. The predicted octanol–water partition coefficient (Wildman–Crippen LogP) is 2.90. The molecule has 1 amide bonds. The van der Waals surface area contributed by atoms with Crippen molar-refractivity contribution in [2.45, 2.75) is 51.7 Å². The second-order valence-electron chi connectivity index (χ2n) is 7.88. The number of ether oxygens (including phenoxy) is 1. The first-order chi connectivity index (χ1) is 12.6. The monoisotopic (exact) mass is 359 g/mol. The van der Waals surface area contributed by atoms with Crippen molar-refractivity contribution in [1.82, 2.24) is 10.2 Å². The highest BCUT2D eigenvalue weighted by molar-refractivity contribution is 5.78. The van der Waals surface area contributed by atoms with Crippen molar-refractivity contribution in [3.63, 3.8) is 0 Å². The van der Waals surface area contributed by atoms with Gasteiger partial charge in [-0.15, -0.1) is 0 Å². The molecule has 0 unspecified atom stereocenters. The molecule has 2 aliphatic rings. The summed E-state index contributed by atoms with van der Waals surface area (Å²) in [5, 5.41) is 3.24. The van der Waals surface area contributed by atoms with E-state index in [2.05, 4.69) is 35.0 Å². The molecular weight excluding hydrogens is 326 g/mol. The smallest absolute Gasteiger partial charge is 0.234 e. The summed E-state index contributed by atoms with van der Waals surface area (Å²) in [6.45, 7) is 7.41. The maximum Gasteiger partial charge on any atom is 0.234 e. The molecule has 26 heavy (non-hydrogen) atoms. The van der Waals surface area contributed by atoms with Crippen LogP contribution in [-0.4, -0.2) is 56.2 Å². The molecule has 0 saturated heterocycles. The van der Waals surface area contributed by atoms with Gasteiger partial charge in [0, 0.05) is 19.1 Å². The minimum Gasteiger partial charge on any atom is -0.485 e. The molecule has 1 saturated carbocycles. The fraction of sp³-hybridized carbons (Fsp3) is 0.667. The Labute approximate surface area is 157 Å². The van der Waals surface area contributed by atoms with Crippen LogP contribution in [0.25, 0.3) is 0 Å². The van der Waals surface area contributed by atoms with Crippen LogP contribution < -0.4 is 15.0 Å². The Balaban J connectivity index is 1.50. The van der Waals surface area contributed by atoms with Crippen molar-refractivity contribution in [2.24, 2.45) is 5.92 Å². The zero-order valence-electron chi connectivity index (χ0n) is 16.4. The molecule has 5 heteroatoms. The number of fused-ring (bicyclic) bond motifs is 1. The molecule has 1 heterocycles. The van der Waals surface area contributed by atoms with Crippen molar-refractivity contribution in [2.75, 3.05) is 38.1 Å². The van der Waals surface area contributed by atoms with E-state index in [9.17, 15) is 4.79 Å². The lowest BCUT2D eigenvalue weighted by Crippen LogP contribution is -2.49. The lowest BCUT2D eigenvalue weighted by Gasteiger charge is -2.37. The molecule has 1 N–H and O–H groups in total. The van der Waals surface area contributed by atoms with Gasteiger partial charge in [0.15, 0.2) is 0 Å². The molecule has 1 aromatic rings. The fourth-order valence-electron chi connectivity index (χ4n) is 4.21. The number of hydrogen-bond donors (Lipinski definition) is 1. The van der Waals surface area contributed by atoms with E-state index in [0.717, 1.165) is 37.5 Å². The van der Waals surface area contributed by atoms with Crippen molar-refractivity contribution in [1.29, 1.82) is 0 Å². The molecule has 0 bridgehead atoms. The summed E-state index contributed by atoms with van der Waals surface area (Å²) in [5.41, 5.74) is 1.16. The summed E-state index contributed by atoms with van der Waals surface area (Å²) < 4.78 is 6.17. The van der Waals surface area contributed by atoms with Gasteiger partial charge in [0.25, 0.3) is 0 Å². The number of benzene rings is 1. The fourth-order valence-corrected chi connectivity index (χ4v) is 4.21. The second-order valence-corrected chi connectivity index (χ2v) is 7.88. The summed E-state index contributed by atoms with van der Waals surface area (Å²) >= 11 is 0. The van der Waals surface area contributed by atoms with Gasteiger partial charge in [-0.3, -0.25) is 9.69 Å². The van der Waals surface area contributed by atoms with Gasteiger partial charge in [-0.1, -0.05) is 31.9 Å². The lowest BCUT2D eigenvalue weighted by atomic mass is 9.86. The number of nitrogens with zero attached hydrogens (tertiary/aromatic N) is 2. The zero-order valence-corrected chi connectivity index (χ0v) is 16.4. The molecule has 0 aromatic heterocycles. The Kier molecular flexibility index (Phi) is 6.41. The van der Waals surface area contributed by atoms with E-state index >= 15 is 0 Å². The molecule has 3 rings (SSSR count). The van der Waals surface area contributed by atoms with E-state index in [1.54, 1.807) is 0 Å². The van der Waals surface area contributed by atoms with Gasteiger partial charge >= 0.3 is 0 Å². The Hall–Kier alpha value is -1.75. The number of carbonyl (C=O) groups excluding carboxylic acids is 1. The molecule has 0 spiro atoms. The number of hydrogen-bond acceptors (Lipinski definition) is 4. The minimum atomic E-state index is 0.0799. The van der Waals surface area contributed by atoms with Gasteiger partial charge in [0.05, 0.1) is 18.8 Å². The number of rotatable bonds is 6. The van der Waals surface area contributed by atoms with E-state index in [-0.39, 0.29) is 12.0 Å². The molecule has 1 aliphatic carbocycles. The zero-order chi connectivity index (χ0) is 18.5. The van der Waals surface area contributed by atoms with E-state index in [1.165, 1.54) is 19.3 Å². The van der Waals surface area contributed by atoms with Crippen molar-refractivity contribution < 1.29 is 9.53 Å². The van der Waals surface area contributed by atoms with Crippen molar-refractivity contribution in [3.05, 3.63) is 24.3 Å². The summed E-state index contributed by atoms with van der Waals surface area (Å²) in [5.74, 6) is 1.67. The molecule has 1 aromatic carbocycles. The molecule has 0 radical (unpaired) electrons. The summed E-state index contributed by atoms with van der Waals surface area (Å²) in [6, 6.07) is 8.54. The van der Waals surface area contributed by atoms with Crippen LogP contribution in [0.4, 0.5) is 5.69 Å². The number of carbonyl (C=O) groups is 1. The van der Waals surface area contributed by atoms with Crippen LogP contribution in [0.1, 0.15) is 39.5 Å². The minimum absolute atomic E-state index is 0.0799. The molecular formula is C21H33N3O2. The predicted molar refractivity (Wildman–Crippen MR) is 106 cm³/mol. The molecule has 1 fully saturated rings. The van der Waals surface area contributed by atoms with Crippen LogP contribution in [0, 0.1) is 5.92 Å². The first-order valence-electron chi connectivity index (χ1n) is 10.1. The third-order valence-corrected chi connectivity index (χ3v) is 5.69. The van der Waals surface area contributed by atoms with E-state index in [0.29, 0.717) is 18.5 Å². The summed E-state index contributed by atoms with van der Waals surface area (Å²) in [6.07, 6.45) is 4.94. The lowest BCUT2D eigenvalue weighted by molar-refractivity contribution is -0.123. The Morgan fingerprint density at radius 3 is 2.85 bits per heavy atom. The van der Waals surface area contributed by atoms with Crippen LogP contribution in [0.5, 0.6) is 5.75 Å². The van der Waals surface area contributed by atoms with Crippen LogP contribution >= 0.6 is 0 Å². The molecule has 1 aliphatic heterocycles. The number of nitrogens with one attached hydrogen (secondary N) is 1. The highest BCUT2D eigenvalue weighted by Crippen LogP contribution is 2.32. The van der Waals surface area contributed by atoms with Gasteiger partial charge in [-0.05, 0) is 44.9 Å². The maximum absolute atomic E-state index is 12.4. The average molecular weight is 360 g/mol.